The quantitative estimate of drug-likeness (QED) is 0.127. The molecular formula is C32H40O9. The summed E-state index contributed by atoms with van der Waals surface area (Å²) in [4.78, 5) is 44.7. The smallest absolute Gasteiger partial charge is 0.334 e. The van der Waals surface area contributed by atoms with Gasteiger partial charge in [0, 0.05) is 41.1 Å². The Morgan fingerprint density at radius 1 is 1.12 bits per heavy atom. The van der Waals surface area contributed by atoms with Crippen LogP contribution < -0.4 is 0 Å². The molecule has 2 saturated heterocycles. The molecule has 2 heterocycles. The topological polar surface area (TPSA) is 129 Å². The number of aliphatic hydroxyl groups excluding tert-OH is 1. The van der Waals surface area contributed by atoms with E-state index in [0.717, 1.165) is 11.1 Å². The molecule has 2 N–H and O–H groups in total. The van der Waals surface area contributed by atoms with Crippen LogP contribution in [0.2, 0.25) is 0 Å². The summed E-state index contributed by atoms with van der Waals surface area (Å²) in [5.41, 5.74) is -0.426. The highest BCUT2D eigenvalue weighted by atomic mass is 17.1. The number of esters is 3. The summed E-state index contributed by atoms with van der Waals surface area (Å²) in [6.45, 7) is 15.7. The van der Waals surface area contributed by atoms with E-state index in [1.54, 1.807) is 0 Å². The predicted molar refractivity (Wildman–Crippen MR) is 144 cm³/mol. The Morgan fingerprint density at radius 2 is 1.85 bits per heavy atom. The zero-order valence-electron chi connectivity index (χ0n) is 24.2. The molecule has 12 atom stereocenters. The van der Waals surface area contributed by atoms with E-state index in [4.69, 9.17) is 19.1 Å². The minimum atomic E-state index is -1.23. The molecule has 5 aliphatic carbocycles. The van der Waals surface area contributed by atoms with Gasteiger partial charge in [0.05, 0.1) is 11.5 Å². The van der Waals surface area contributed by atoms with Crippen LogP contribution in [0.25, 0.3) is 0 Å². The Morgan fingerprint density at radius 3 is 2.54 bits per heavy atom. The summed E-state index contributed by atoms with van der Waals surface area (Å²) < 4.78 is 18.2. The van der Waals surface area contributed by atoms with Gasteiger partial charge in [-0.2, -0.15) is 0 Å². The monoisotopic (exact) mass is 568 g/mol. The lowest BCUT2D eigenvalue weighted by Crippen LogP contribution is -2.65. The second-order valence-electron chi connectivity index (χ2n) is 14.3. The molecule has 0 radical (unpaired) electrons. The third-order valence-electron chi connectivity index (χ3n) is 13.0. The van der Waals surface area contributed by atoms with Crippen LogP contribution in [-0.2, 0) is 33.5 Å². The fourth-order valence-electron chi connectivity index (χ4n) is 11.1. The van der Waals surface area contributed by atoms with Crippen molar-refractivity contribution in [2.24, 2.45) is 39.9 Å². The molecule has 0 amide bonds. The zero-order chi connectivity index (χ0) is 29.4. The first-order chi connectivity index (χ1) is 19.3. The van der Waals surface area contributed by atoms with Crippen molar-refractivity contribution in [2.75, 3.05) is 0 Å². The first-order valence-electron chi connectivity index (χ1n) is 15.0. The SMILES string of the molecule is C=C1C(=O)O[C@@H]2C[C@@H](C)[C@]34C[C@]5(C(=O)O[C@H]6C[C@]7(C)[C@@H](O)CCC(=C)[C@@]7(OO)CC65)[C@@H](C(C)=C3C[C@@H]12)C4OC(C)=O. The van der Waals surface area contributed by atoms with Gasteiger partial charge in [-0.05, 0) is 63.4 Å². The van der Waals surface area contributed by atoms with Crippen molar-refractivity contribution < 1.29 is 43.8 Å². The summed E-state index contributed by atoms with van der Waals surface area (Å²) in [5.74, 6) is -2.06. The lowest BCUT2D eigenvalue weighted by Gasteiger charge is -2.59. The van der Waals surface area contributed by atoms with Crippen molar-refractivity contribution in [1.29, 1.82) is 0 Å². The molecule has 7 aliphatic rings. The molecule has 41 heavy (non-hydrogen) atoms. The molecule has 2 aliphatic heterocycles. The molecule has 9 nitrogen and oxygen atoms in total. The van der Waals surface area contributed by atoms with E-state index in [1.165, 1.54) is 6.92 Å². The molecule has 2 spiro atoms. The number of carbonyl (C=O) groups excluding carboxylic acids is 3. The lowest BCUT2D eigenvalue weighted by molar-refractivity contribution is -0.370. The van der Waals surface area contributed by atoms with Gasteiger partial charge >= 0.3 is 17.9 Å². The molecule has 6 fully saturated rings. The van der Waals surface area contributed by atoms with Crippen LogP contribution in [0, 0.1) is 39.9 Å². The summed E-state index contributed by atoms with van der Waals surface area (Å²) in [6.07, 6.45) is 1.06. The van der Waals surface area contributed by atoms with Crippen LogP contribution in [0.15, 0.2) is 35.5 Å². The second kappa shape index (κ2) is 8.32. The van der Waals surface area contributed by atoms with Crippen molar-refractivity contribution in [3.63, 3.8) is 0 Å². The van der Waals surface area contributed by atoms with E-state index in [1.807, 2.05) is 13.8 Å². The van der Waals surface area contributed by atoms with E-state index < -0.39 is 52.0 Å². The van der Waals surface area contributed by atoms with Gasteiger partial charge in [0.2, 0.25) is 0 Å². The van der Waals surface area contributed by atoms with Crippen LogP contribution in [0.5, 0.6) is 0 Å². The first kappa shape index (κ1) is 27.3. The highest BCUT2D eigenvalue weighted by Gasteiger charge is 2.81. The molecular weight excluding hydrogens is 528 g/mol. The zero-order valence-corrected chi connectivity index (χ0v) is 24.2. The number of hydrogen-bond acceptors (Lipinski definition) is 9. The Hall–Kier alpha value is -2.49. The summed E-state index contributed by atoms with van der Waals surface area (Å²) in [5, 5.41) is 21.6. The molecule has 0 aromatic carbocycles. The van der Waals surface area contributed by atoms with Crippen LogP contribution in [-0.4, -0.2) is 58.3 Å². The van der Waals surface area contributed by atoms with Crippen molar-refractivity contribution in [3.05, 3.63) is 35.5 Å². The number of carbonyl (C=O) groups is 3. The average Bonchev–Trinajstić information content (AvgIpc) is 3.49. The molecule has 222 valence electrons. The Kier molecular flexibility index (Phi) is 5.55. The van der Waals surface area contributed by atoms with Gasteiger partial charge in [-0.15, -0.1) is 0 Å². The molecule has 2 bridgehead atoms. The van der Waals surface area contributed by atoms with Crippen LogP contribution in [0.4, 0.5) is 0 Å². The van der Waals surface area contributed by atoms with E-state index in [2.05, 4.69) is 20.1 Å². The highest BCUT2D eigenvalue weighted by Crippen LogP contribution is 2.77. The summed E-state index contributed by atoms with van der Waals surface area (Å²) in [6, 6.07) is 0. The van der Waals surface area contributed by atoms with Crippen LogP contribution in [0.3, 0.4) is 0 Å². The standard InChI is InChI=1S/C32H40O9/c1-14-7-8-24(34)29(6)12-23-21(11-32(14,29)41-37)31(28(36)40-23)13-30-15(2)9-22-19(16(3)27(35)39-22)10-20(30)17(4)25(31)26(30)38-18(5)33/h15,19,21-26,34,37H,1,3,7-13H2,2,4-6H3/t15-,19+,21?,22-,23+,24+,25+,26?,29-,30-,31-,32+/m1/s1. The average molecular weight is 569 g/mol. The Labute approximate surface area is 239 Å². The van der Waals surface area contributed by atoms with Crippen molar-refractivity contribution in [3.8, 4) is 0 Å². The third kappa shape index (κ3) is 2.96. The van der Waals surface area contributed by atoms with E-state index in [-0.39, 0.29) is 42.2 Å². The fraction of sp³-hybridized carbons (Fsp3) is 0.719. The lowest BCUT2D eigenvalue weighted by atomic mass is 9.47. The van der Waals surface area contributed by atoms with Gasteiger partial charge < -0.3 is 19.3 Å². The summed E-state index contributed by atoms with van der Waals surface area (Å²) in [7, 11) is 0. The number of aliphatic hydroxyl groups is 1. The minimum absolute atomic E-state index is 0.0647. The van der Waals surface area contributed by atoms with Crippen LogP contribution in [0.1, 0.15) is 72.6 Å². The van der Waals surface area contributed by atoms with E-state index in [0.29, 0.717) is 49.7 Å². The van der Waals surface area contributed by atoms with Crippen LogP contribution >= 0.6 is 0 Å². The van der Waals surface area contributed by atoms with Gasteiger partial charge in [0.1, 0.15) is 23.9 Å². The summed E-state index contributed by atoms with van der Waals surface area (Å²) >= 11 is 0. The van der Waals surface area contributed by atoms with Crippen molar-refractivity contribution >= 4 is 17.9 Å². The van der Waals surface area contributed by atoms with Crippen molar-refractivity contribution in [1.82, 2.24) is 0 Å². The predicted octanol–water partition coefficient (Wildman–Crippen LogP) is 4.05. The van der Waals surface area contributed by atoms with Gasteiger partial charge in [-0.25, -0.2) is 9.68 Å². The second-order valence-corrected chi connectivity index (χ2v) is 14.3. The van der Waals surface area contributed by atoms with Gasteiger partial charge in [-0.3, -0.25) is 14.8 Å². The largest absolute Gasteiger partial charge is 0.462 e. The van der Waals surface area contributed by atoms with E-state index >= 15 is 0 Å². The molecule has 7 rings (SSSR count). The normalized spacial score (nSPS) is 51.6. The molecule has 0 aromatic heterocycles. The maximum atomic E-state index is 14.3. The Balaban J connectivity index is 1.38. The number of fused-ring (bicyclic) bond motifs is 6. The van der Waals surface area contributed by atoms with E-state index in [9.17, 15) is 24.7 Å². The van der Waals surface area contributed by atoms with Gasteiger partial charge in [0.25, 0.3) is 0 Å². The maximum absolute atomic E-state index is 14.3. The third-order valence-corrected chi connectivity index (χ3v) is 13.0. The Bertz CT molecular complexity index is 1330. The fourth-order valence-corrected chi connectivity index (χ4v) is 11.1. The number of ether oxygens (including phenoxy) is 3. The number of rotatable bonds is 2. The highest BCUT2D eigenvalue weighted by molar-refractivity contribution is 5.91. The molecule has 4 saturated carbocycles. The molecule has 0 aromatic rings. The van der Waals surface area contributed by atoms with Crippen molar-refractivity contribution in [2.45, 2.75) is 103 Å². The van der Waals surface area contributed by atoms with Gasteiger partial charge in [-0.1, -0.05) is 38.2 Å². The maximum Gasteiger partial charge on any atom is 0.334 e. The van der Waals surface area contributed by atoms with Gasteiger partial charge in [0.15, 0.2) is 0 Å². The number of hydrogen-bond donors (Lipinski definition) is 2. The minimum Gasteiger partial charge on any atom is -0.462 e. The molecule has 2 unspecified atom stereocenters. The first-order valence-corrected chi connectivity index (χ1v) is 15.0. The molecule has 9 heteroatoms.